The van der Waals surface area contributed by atoms with E-state index in [-0.39, 0.29) is 11.4 Å². The van der Waals surface area contributed by atoms with E-state index in [0.717, 1.165) is 10.0 Å². The summed E-state index contributed by atoms with van der Waals surface area (Å²) in [5.74, 6) is 0.818. The van der Waals surface area contributed by atoms with Crippen molar-refractivity contribution in [2.45, 2.75) is 13.8 Å². The van der Waals surface area contributed by atoms with E-state index < -0.39 is 4.92 Å². The van der Waals surface area contributed by atoms with Gasteiger partial charge in [0, 0.05) is 11.0 Å². The van der Waals surface area contributed by atoms with Crippen LogP contribution >= 0.6 is 15.9 Å². The summed E-state index contributed by atoms with van der Waals surface area (Å²) in [6.07, 6.45) is 0. The first-order valence-electron chi connectivity index (χ1n) is 6.48. The lowest BCUT2D eigenvalue weighted by atomic mass is 10.2. The van der Waals surface area contributed by atoms with Gasteiger partial charge in [0.05, 0.1) is 4.92 Å². The van der Waals surface area contributed by atoms with Crippen LogP contribution in [0.4, 0.5) is 11.4 Å². The van der Waals surface area contributed by atoms with Crippen LogP contribution in [-0.2, 0) is 0 Å². The number of aryl methyl sites for hydroxylation is 1. The van der Waals surface area contributed by atoms with Gasteiger partial charge in [0.25, 0.3) is 0 Å². The Bertz CT molecular complexity index is 674. The third kappa shape index (κ3) is 3.52. The minimum absolute atomic E-state index is 0.0540. The van der Waals surface area contributed by atoms with Gasteiger partial charge in [-0.1, -0.05) is 22.0 Å². The average Bonchev–Trinajstić information content (AvgIpc) is 2.42. The van der Waals surface area contributed by atoms with Gasteiger partial charge in [-0.05, 0) is 49.7 Å². The minimum atomic E-state index is -0.429. The summed E-state index contributed by atoms with van der Waals surface area (Å²) in [5.41, 5.74) is 1.30. The zero-order chi connectivity index (χ0) is 15.4. The van der Waals surface area contributed by atoms with Gasteiger partial charge in [0.2, 0.25) is 5.75 Å². The smallest absolute Gasteiger partial charge is 0.334 e. The van der Waals surface area contributed by atoms with Crippen LogP contribution in [0, 0.1) is 17.0 Å². The lowest BCUT2D eigenvalue weighted by Gasteiger charge is -2.11. The number of ether oxygens (including phenoxy) is 1. The molecule has 2 aromatic carbocycles. The molecule has 0 fully saturated rings. The first-order chi connectivity index (χ1) is 10.0. The minimum Gasteiger partial charge on any atom is -0.450 e. The highest BCUT2D eigenvalue weighted by molar-refractivity contribution is 9.10. The molecule has 0 aliphatic heterocycles. The van der Waals surface area contributed by atoms with Crippen LogP contribution in [0.1, 0.15) is 12.5 Å². The van der Waals surface area contributed by atoms with E-state index in [0.29, 0.717) is 18.0 Å². The first-order valence-corrected chi connectivity index (χ1v) is 7.27. The molecule has 0 unspecified atom stereocenters. The second-order valence-electron chi connectivity index (χ2n) is 4.45. The summed E-state index contributed by atoms with van der Waals surface area (Å²) in [7, 11) is 0. The fourth-order valence-corrected chi connectivity index (χ4v) is 2.45. The summed E-state index contributed by atoms with van der Waals surface area (Å²) in [6.45, 7) is 4.37. The van der Waals surface area contributed by atoms with Crippen molar-refractivity contribution < 1.29 is 9.66 Å². The molecule has 0 heterocycles. The van der Waals surface area contributed by atoms with E-state index in [1.807, 2.05) is 26.0 Å². The highest BCUT2D eigenvalue weighted by Crippen LogP contribution is 2.38. The molecule has 0 aromatic heterocycles. The number of anilines is 1. The molecule has 0 aliphatic carbocycles. The molecule has 5 nitrogen and oxygen atoms in total. The maximum atomic E-state index is 11.3. The Morgan fingerprint density at radius 1 is 1.29 bits per heavy atom. The molecular weight excluding hydrogens is 336 g/mol. The summed E-state index contributed by atoms with van der Waals surface area (Å²) in [6, 6.07) is 10.5. The predicted octanol–water partition coefficient (Wildman–Crippen LogP) is 4.89. The van der Waals surface area contributed by atoms with Crippen LogP contribution in [0.15, 0.2) is 40.9 Å². The van der Waals surface area contributed by atoms with Crippen LogP contribution < -0.4 is 10.1 Å². The van der Waals surface area contributed by atoms with Crippen molar-refractivity contribution in [2.24, 2.45) is 0 Å². The Hall–Kier alpha value is -2.08. The number of nitro benzene ring substituents is 1. The molecule has 21 heavy (non-hydrogen) atoms. The molecule has 0 atom stereocenters. The van der Waals surface area contributed by atoms with Gasteiger partial charge in [0.15, 0.2) is 0 Å². The maximum absolute atomic E-state index is 11.3. The molecule has 0 saturated carbocycles. The topological polar surface area (TPSA) is 64.4 Å². The van der Waals surface area contributed by atoms with Crippen LogP contribution in [0.3, 0.4) is 0 Å². The largest absolute Gasteiger partial charge is 0.450 e. The molecule has 110 valence electrons. The molecule has 0 aliphatic rings. The number of hydrogen-bond donors (Lipinski definition) is 1. The molecule has 0 bridgehead atoms. The quantitative estimate of drug-likeness (QED) is 0.615. The SMILES string of the molecule is CCNc1cccc(Oc2ccc(Br)cc2C)c1[N+](=O)[O-]. The maximum Gasteiger partial charge on any atom is 0.334 e. The van der Waals surface area contributed by atoms with E-state index >= 15 is 0 Å². The van der Waals surface area contributed by atoms with E-state index in [1.165, 1.54) is 0 Å². The molecule has 0 spiro atoms. The molecule has 6 heteroatoms. The summed E-state index contributed by atoms with van der Waals surface area (Å²) >= 11 is 3.38. The molecule has 2 rings (SSSR count). The summed E-state index contributed by atoms with van der Waals surface area (Å²) in [4.78, 5) is 10.9. The fraction of sp³-hybridized carbons (Fsp3) is 0.200. The second kappa shape index (κ2) is 6.58. The second-order valence-corrected chi connectivity index (χ2v) is 5.37. The van der Waals surface area contributed by atoms with Crippen LogP contribution in [-0.4, -0.2) is 11.5 Å². The van der Waals surface area contributed by atoms with Crippen LogP contribution in [0.25, 0.3) is 0 Å². The Morgan fingerprint density at radius 2 is 2.05 bits per heavy atom. The zero-order valence-electron chi connectivity index (χ0n) is 11.7. The van der Waals surface area contributed by atoms with E-state index in [1.54, 1.807) is 24.3 Å². The lowest BCUT2D eigenvalue weighted by Crippen LogP contribution is -2.02. The van der Waals surface area contributed by atoms with Crippen molar-refractivity contribution in [3.63, 3.8) is 0 Å². The first kappa shape index (κ1) is 15.3. The zero-order valence-corrected chi connectivity index (χ0v) is 13.3. The Labute approximate surface area is 131 Å². The summed E-state index contributed by atoms with van der Waals surface area (Å²) < 4.78 is 6.67. The standard InChI is InChI=1S/C15H15BrN2O3/c1-3-17-12-5-4-6-14(15(12)18(19)20)21-13-8-7-11(16)9-10(13)2/h4-9,17H,3H2,1-2H3. The molecule has 1 N–H and O–H groups in total. The molecular formula is C15H15BrN2O3. The number of nitro groups is 1. The average molecular weight is 351 g/mol. The number of hydrogen-bond acceptors (Lipinski definition) is 4. The number of nitrogens with one attached hydrogen (secondary N) is 1. The van der Waals surface area contributed by atoms with Gasteiger partial charge < -0.3 is 10.1 Å². The molecule has 0 amide bonds. The Kier molecular flexibility index (Phi) is 4.80. The van der Waals surface area contributed by atoms with Crippen molar-refractivity contribution in [2.75, 3.05) is 11.9 Å². The Balaban J connectivity index is 2.43. The van der Waals surface area contributed by atoms with E-state index in [9.17, 15) is 10.1 Å². The fourth-order valence-electron chi connectivity index (χ4n) is 1.97. The third-order valence-electron chi connectivity index (χ3n) is 2.91. The van der Waals surface area contributed by atoms with Crippen molar-refractivity contribution in [3.05, 3.63) is 56.5 Å². The molecule has 0 radical (unpaired) electrons. The number of rotatable bonds is 5. The third-order valence-corrected chi connectivity index (χ3v) is 3.40. The van der Waals surface area contributed by atoms with Crippen LogP contribution in [0.2, 0.25) is 0 Å². The highest BCUT2D eigenvalue weighted by Gasteiger charge is 2.21. The van der Waals surface area contributed by atoms with Gasteiger partial charge in [-0.25, -0.2) is 0 Å². The van der Waals surface area contributed by atoms with Crippen LogP contribution in [0.5, 0.6) is 11.5 Å². The Morgan fingerprint density at radius 3 is 2.67 bits per heavy atom. The van der Waals surface area contributed by atoms with Crippen molar-refractivity contribution in [1.29, 1.82) is 0 Å². The summed E-state index contributed by atoms with van der Waals surface area (Å²) in [5, 5.41) is 14.3. The number of benzene rings is 2. The number of para-hydroxylation sites is 1. The van der Waals surface area contributed by atoms with E-state index in [2.05, 4.69) is 21.2 Å². The number of nitrogens with zero attached hydrogens (tertiary/aromatic N) is 1. The van der Waals surface area contributed by atoms with E-state index in [4.69, 9.17) is 4.74 Å². The van der Waals surface area contributed by atoms with Crippen molar-refractivity contribution in [3.8, 4) is 11.5 Å². The molecule has 0 saturated heterocycles. The van der Waals surface area contributed by atoms with Gasteiger partial charge in [-0.3, -0.25) is 10.1 Å². The van der Waals surface area contributed by atoms with Gasteiger partial charge in [0.1, 0.15) is 11.4 Å². The van der Waals surface area contributed by atoms with Gasteiger partial charge in [-0.2, -0.15) is 0 Å². The van der Waals surface area contributed by atoms with Crippen molar-refractivity contribution >= 4 is 27.3 Å². The highest BCUT2D eigenvalue weighted by atomic mass is 79.9. The van der Waals surface area contributed by atoms with Gasteiger partial charge in [-0.15, -0.1) is 0 Å². The predicted molar refractivity (Wildman–Crippen MR) is 86.2 cm³/mol. The normalized spacial score (nSPS) is 10.2. The lowest BCUT2D eigenvalue weighted by molar-refractivity contribution is -0.384. The molecule has 2 aromatic rings. The number of halogens is 1. The monoisotopic (exact) mass is 350 g/mol. The van der Waals surface area contributed by atoms with Crippen molar-refractivity contribution in [1.82, 2.24) is 0 Å². The van der Waals surface area contributed by atoms with Gasteiger partial charge >= 0.3 is 5.69 Å².